The van der Waals surface area contributed by atoms with Gasteiger partial charge in [-0.05, 0) is 6.92 Å². The largest absolute Gasteiger partial charge is 0.431 e. The summed E-state index contributed by atoms with van der Waals surface area (Å²) >= 11 is 0. The molecular formula is C12H6F6N2O3. The number of nitrogens with one attached hydrogen (secondary N) is 1. The molecule has 0 atom stereocenters. The molecular weight excluding hydrogens is 334 g/mol. The number of aromatic amines is 1. The number of alkyl halides is 6. The van der Waals surface area contributed by atoms with Crippen LogP contribution in [-0.2, 0) is 12.4 Å². The SMILES string of the molecule is Cc1c(C(F)(F)F)[nH]c2c(C(F)(F)F)cc([N+](=O)[O-])cc2c1=O. The molecule has 1 N–H and O–H groups in total. The van der Waals surface area contributed by atoms with Crippen molar-refractivity contribution in [3.63, 3.8) is 0 Å². The van der Waals surface area contributed by atoms with Crippen LogP contribution in [-0.4, -0.2) is 9.91 Å². The Morgan fingerprint density at radius 3 is 2.09 bits per heavy atom. The number of aromatic nitrogens is 1. The monoisotopic (exact) mass is 340 g/mol. The van der Waals surface area contributed by atoms with Gasteiger partial charge < -0.3 is 4.98 Å². The summed E-state index contributed by atoms with van der Waals surface area (Å²) in [6.45, 7) is 0.771. The van der Waals surface area contributed by atoms with E-state index in [4.69, 9.17) is 0 Å². The second-order valence-corrected chi connectivity index (χ2v) is 4.62. The summed E-state index contributed by atoms with van der Waals surface area (Å²) in [5, 5.41) is 9.86. The number of nitro benzene ring substituents is 1. The molecule has 11 heteroatoms. The smallest absolute Gasteiger partial charge is 0.350 e. The number of hydrogen-bond acceptors (Lipinski definition) is 3. The highest BCUT2D eigenvalue weighted by atomic mass is 19.4. The van der Waals surface area contributed by atoms with Crippen molar-refractivity contribution in [1.82, 2.24) is 4.98 Å². The molecule has 0 saturated heterocycles. The number of nitro groups is 1. The van der Waals surface area contributed by atoms with E-state index in [2.05, 4.69) is 0 Å². The van der Waals surface area contributed by atoms with E-state index < -0.39 is 56.1 Å². The normalized spacial score (nSPS) is 12.7. The molecule has 0 aliphatic rings. The number of H-pyrrole nitrogens is 1. The van der Waals surface area contributed by atoms with Gasteiger partial charge in [0, 0.05) is 17.7 Å². The minimum Gasteiger partial charge on any atom is -0.350 e. The van der Waals surface area contributed by atoms with Gasteiger partial charge in [0.1, 0.15) is 5.69 Å². The molecule has 0 aliphatic heterocycles. The van der Waals surface area contributed by atoms with E-state index in [1.807, 2.05) is 0 Å². The fourth-order valence-corrected chi connectivity index (χ4v) is 2.09. The molecule has 2 rings (SSSR count). The predicted molar refractivity (Wildman–Crippen MR) is 66.0 cm³/mol. The Labute approximate surface area is 122 Å². The van der Waals surface area contributed by atoms with Crippen LogP contribution in [0.4, 0.5) is 32.0 Å². The maximum atomic E-state index is 13.0. The van der Waals surface area contributed by atoms with E-state index in [9.17, 15) is 41.3 Å². The quantitative estimate of drug-likeness (QED) is 0.488. The lowest BCUT2D eigenvalue weighted by Crippen LogP contribution is -2.21. The average Bonchev–Trinajstić information content (AvgIpc) is 2.39. The number of benzene rings is 1. The Morgan fingerprint density at radius 2 is 1.65 bits per heavy atom. The Hall–Kier alpha value is -2.59. The number of nitrogens with zero attached hydrogens (tertiary/aromatic N) is 1. The molecule has 1 aromatic heterocycles. The first-order chi connectivity index (χ1) is 10.3. The Kier molecular flexibility index (Phi) is 3.62. The van der Waals surface area contributed by atoms with Crippen molar-refractivity contribution in [2.45, 2.75) is 19.3 Å². The average molecular weight is 340 g/mol. The van der Waals surface area contributed by atoms with E-state index in [-0.39, 0.29) is 6.07 Å². The summed E-state index contributed by atoms with van der Waals surface area (Å²) < 4.78 is 77.5. The molecule has 0 aliphatic carbocycles. The molecule has 124 valence electrons. The molecule has 1 aromatic carbocycles. The van der Waals surface area contributed by atoms with Crippen LogP contribution in [0.5, 0.6) is 0 Å². The zero-order valence-electron chi connectivity index (χ0n) is 11.1. The second-order valence-electron chi connectivity index (χ2n) is 4.62. The zero-order valence-corrected chi connectivity index (χ0v) is 11.1. The van der Waals surface area contributed by atoms with E-state index in [1.54, 1.807) is 4.98 Å². The van der Waals surface area contributed by atoms with Gasteiger partial charge in [-0.15, -0.1) is 0 Å². The number of halogens is 6. The summed E-state index contributed by atoms with van der Waals surface area (Å²) in [6.07, 6.45) is -10.3. The van der Waals surface area contributed by atoms with E-state index in [0.717, 1.165) is 6.92 Å². The molecule has 0 spiro atoms. The van der Waals surface area contributed by atoms with Crippen molar-refractivity contribution in [2.75, 3.05) is 0 Å². The van der Waals surface area contributed by atoms with Gasteiger partial charge in [-0.25, -0.2) is 0 Å². The molecule has 0 fully saturated rings. The molecule has 0 saturated carbocycles. The van der Waals surface area contributed by atoms with Crippen LogP contribution in [0.15, 0.2) is 16.9 Å². The maximum absolute atomic E-state index is 13.0. The molecule has 0 radical (unpaired) electrons. The van der Waals surface area contributed by atoms with Gasteiger partial charge in [-0.1, -0.05) is 0 Å². The van der Waals surface area contributed by atoms with Crippen molar-refractivity contribution >= 4 is 16.6 Å². The van der Waals surface area contributed by atoms with Crippen molar-refractivity contribution in [3.8, 4) is 0 Å². The number of pyridine rings is 1. The van der Waals surface area contributed by atoms with Crippen LogP contribution < -0.4 is 5.43 Å². The number of fused-ring (bicyclic) bond motifs is 1. The van der Waals surface area contributed by atoms with Crippen LogP contribution in [0.2, 0.25) is 0 Å². The van der Waals surface area contributed by atoms with Gasteiger partial charge in [-0.2, -0.15) is 26.3 Å². The van der Waals surface area contributed by atoms with Crippen LogP contribution in [0.3, 0.4) is 0 Å². The van der Waals surface area contributed by atoms with Crippen LogP contribution in [0, 0.1) is 17.0 Å². The van der Waals surface area contributed by atoms with Crippen LogP contribution in [0.25, 0.3) is 10.9 Å². The summed E-state index contributed by atoms with van der Waals surface area (Å²) in [5.74, 6) is 0. The lowest BCUT2D eigenvalue weighted by molar-refractivity contribution is -0.385. The third-order valence-corrected chi connectivity index (χ3v) is 3.13. The van der Waals surface area contributed by atoms with Gasteiger partial charge in [0.15, 0.2) is 5.43 Å². The van der Waals surface area contributed by atoms with Gasteiger partial charge in [0.25, 0.3) is 5.69 Å². The third-order valence-electron chi connectivity index (χ3n) is 3.13. The van der Waals surface area contributed by atoms with Crippen LogP contribution >= 0.6 is 0 Å². The fourth-order valence-electron chi connectivity index (χ4n) is 2.09. The Bertz CT molecular complexity index is 866. The topological polar surface area (TPSA) is 76.0 Å². The van der Waals surface area contributed by atoms with Gasteiger partial charge in [-0.3, -0.25) is 14.9 Å². The highest BCUT2D eigenvalue weighted by molar-refractivity contribution is 5.85. The number of non-ortho nitro benzene ring substituents is 1. The summed E-state index contributed by atoms with van der Waals surface area (Å²) in [6, 6.07) is 0.588. The maximum Gasteiger partial charge on any atom is 0.431 e. The van der Waals surface area contributed by atoms with Crippen molar-refractivity contribution in [1.29, 1.82) is 0 Å². The molecule has 0 bridgehead atoms. The van der Waals surface area contributed by atoms with Crippen molar-refractivity contribution in [2.24, 2.45) is 0 Å². The fraction of sp³-hybridized carbons (Fsp3) is 0.250. The van der Waals surface area contributed by atoms with Gasteiger partial charge in [0.05, 0.1) is 21.4 Å². The lowest BCUT2D eigenvalue weighted by Gasteiger charge is -2.15. The van der Waals surface area contributed by atoms with Crippen molar-refractivity contribution in [3.05, 3.63) is 49.3 Å². The predicted octanol–water partition coefficient (Wildman–Crippen LogP) is 3.78. The first-order valence-corrected chi connectivity index (χ1v) is 5.83. The van der Waals surface area contributed by atoms with Gasteiger partial charge in [0.2, 0.25) is 0 Å². The number of hydrogen-bond donors (Lipinski definition) is 1. The van der Waals surface area contributed by atoms with E-state index >= 15 is 0 Å². The summed E-state index contributed by atoms with van der Waals surface area (Å²) in [5.41, 5.74) is -7.78. The molecule has 2 aromatic rings. The highest BCUT2D eigenvalue weighted by Gasteiger charge is 2.39. The van der Waals surface area contributed by atoms with E-state index in [1.165, 1.54) is 0 Å². The molecule has 0 unspecified atom stereocenters. The molecule has 5 nitrogen and oxygen atoms in total. The lowest BCUT2D eigenvalue weighted by atomic mass is 10.0. The summed E-state index contributed by atoms with van der Waals surface area (Å²) in [4.78, 5) is 23.0. The minimum absolute atomic E-state index is 0.0771. The van der Waals surface area contributed by atoms with Crippen molar-refractivity contribution < 1.29 is 31.3 Å². The Balaban J connectivity index is 3.06. The third kappa shape index (κ3) is 2.85. The second kappa shape index (κ2) is 4.96. The highest BCUT2D eigenvalue weighted by Crippen LogP contribution is 2.38. The van der Waals surface area contributed by atoms with Crippen LogP contribution in [0.1, 0.15) is 16.8 Å². The molecule has 0 amide bonds. The zero-order chi connectivity index (χ0) is 17.7. The Morgan fingerprint density at radius 1 is 1.09 bits per heavy atom. The standard InChI is InChI=1S/C12H6F6N2O3/c1-4-9(21)6-2-5(20(22)23)3-7(11(13,14)15)8(6)19-10(4)12(16,17)18/h2-3H,1H3,(H,19,21). The first kappa shape index (κ1) is 16.8. The van der Waals surface area contributed by atoms with Gasteiger partial charge >= 0.3 is 12.4 Å². The molecule has 23 heavy (non-hydrogen) atoms. The number of rotatable bonds is 1. The minimum atomic E-state index is -5.19. The summed E-state index contributed by atoms with van der Waals surface area (Å²) in [7, 11) is 0. The molecule has 1 heterocycles. The first-order valence-electron chi connectivity index (χ1n) is 5.83. The van der Waals surface area contributed by atoms with E-state index in [0.29, 0.717) is 6.07 Å².